The van der Waals surface area contributed by atoms with Crippen LogP contribution in [0, 0.1) is 0 Å². The third-order valence-electron chi connectivity index (χ3n) is 2.70. The van der Waals surface area contributed by atoms with E-state index in [1.165, 1.54) is 11.1 Å². The first-order chi connectivity index (χ1) is 9.75. The second-order valence-corrected chi connectivity index (χ2v) is 5.22. The van der Waals surface area contributed by atoms with Crippen LogP contribution in [0.2, 0.25) is 0 Å². The van der Waals surface area contributed by atoms with Crippen molar-refractivity contribution in [3.8, 4) is 0 Å². The van der Waals surface area contributed by atoms with E-state index >= 15 is 0 Å². The van der Waals surface area contributed by atoms with E-state index in [0.717, 1.165) is 13.1 Å². The summed E-state index contributed by atoms with van der Waals surface area (Å²) >= 11 is 14.5. The molecular formula is C15H15NS2Se2. The number of benzene rings is 2. The van der Waals surface area contributed by atoms with Crippen molar-refractivity contribution < 1.29 is 0 Å². The van der Waals surface area contributed by atoms with Crippen LogP contribution in [0.1, 0.15) is 11.1 Å². The molecular weight excluding hydrogens is 416 g/mol. The van der Waals surface area contributed by atoms with E-state index in [1.807, 2.05) is 36.4 Å². The van der Waals surface area contributed by atoms with Crippen molar-refractivity contribution in [2.45, 2.75) is 13.1 Å². The van der Waals surface area contributed by atoms with Crippen molar-refractivity contribution >= 4 is 56.5 Å². The second kappa shape index (κ2) is 10.4. The Morgan fingerprint density at radius 1 is 0.850 bits per heavy atom. The van der Waals surface area contributed by atoms with Gasteiger partial charge in [-0.3, -0.25) is 0 Å². The zero-order valence-corrected chi connectivity index (χ0v) is 15.9. The minimum absolute atomic E-state index is 0.628. The first-order valence-electron chi connectivity index (χ1n) is 5.98. The molecule has 0 aliphatic rings. The van der Waals surface area contributed by atoms with Crippen LogP contribution in [0.5, 0.6) is 0 Å². The van der Waals surface area contributed by atoms with Crippen LogP contribution in [0.25, 0.3) is 0 Å². The van der Waals surface area contributed by atoms with Gasteiger partial charge >= 0.3 is 27.3 Å². The molecule has 0 N–H and O–H groups in total. The molecule has 2 aromatic rings. The SMILES string of the molecule is S=C(S)N(Cc1ccccc1)Cc1ccccc1.[Se]=[Se]. The molecule has 0 unspecified atom stereocenters. The summed E-state index contributed by atoms with van der Waals surface area (Å²) in [5.74, 6) is 0. The molecule has 1 nitrogen and oxygen atoms in total. The van der Waals surface area contributed by atoms with Gasteiger partial charge in [0.2, 0.25) is 0 Å². The van der Waals surface area contributed by atoms with Gasteiger partial charge in [0, 0.05) is 13.1 Å². The fraction of sp³-hybridized carbons (Fsp3) is 0.133. The van der Waals surface area contributed by atoms with E-state index < -0.39 is 0 Å². The molecule has 0 saturated carbocycles. The molecule has 0 spiro atoms. The molecule has 0 heterocycles. The van der Waals surface area contributed by atoms with Crippen LogP contribution in [0.3, 0.4) is 0 Å². The minimum atomic E-state index is 0.628. The normalized spacial score (nSPS) is 9.25. The maximum absolute atomic E-state index is 5.21. The van der Waals surface area contributed by atoms with E-state index in [1.54, 1.807) is 0 Å². The van der Waals surface area contributed by atoms with Gasteiger partial charge in [-0.2, -0.15) is 0 Å². The molecule has 0 aliphatic heterocycles. The molecule has 20 heavy (non-hydrogen) atoms. The summed E-state index contributed by atoms with van der Waals surface area (Å²) in [5, 5.41) is 0. The predicted molar refractivity (Wildman–Crippen MR) is 95.2 cm³/mol. The van der Waals surface area contributed by atoms with Gasteiger partial charge in [-0.25, -0.2) is 0 Å². The van der Waals surface area contributed by atoms with Crippen molar-refractivity contribution in [3.05, 3.63) is 71.8 Å². The molecule has 0 aromatic heterocycles. The molecule has 0 radical (unpaired) electrons. The number of rotatable bonds is 4. The van der Waals surface area contributed by atoms with E-state index in [2.05, 4.69) is 69.1 Å². The first-order valence-corrected chi connectivity index (χ1v) is 11.2. The molecule has 0 atom stereocenters. The number of thiol groups is 1. The van der Waals surface area contributed by atoms with Gasteiger partial charge in [0.05, 0.1) is 0 Å². The molecule has 2 aromatic carbocycles. The third-order valence-corrected chi connectivity index (χ3v) is 3.24. The molecule has 0 fully saturated rings. The zero-order chi connectivity index (χ0) is 14.8. The second-order valence-electron chi connectivity index (χ2n) is 4.11. The summed E-state index contributed by atoms with van der Waals surface area (Å²) < 4.78 is 0.628. The molecule has 0 aliphatic carbocycles. The predicted octanol–water partition coefficient (Wildman–Crippen LogP) is 3.14. The molecule has 0 bridgehead atoms. The van der Waals surface area contributed by atoms with Crippen molar-refractivity contribution in [2.24, 2.45) is 0 Å². The van der Waals surface area contributed by atoms with E-state index in [-0.39, 0.29) is 0 Å². The van der Waals surface area contributed by atoms with Gasteiger partial charge < -0.3 is 4.90 Å². The van der Waals surface area contributed by atoms with Gasteiger partial charge in [0.1, 0.15) is 4.32 Å². The van der Waals surface area contributed by atoms with Gasteiger partial charge in [-0.05, 0) is 11.1 Å². The van der Waals surface area contributed by atoms with Crippen molar-refractivity contribution in [1.29, 1.82) is 0 Å². The van der Waals surface area contributed by atoms with E-state index in [0.29, 0.717) is 4.32 Å². The summed E-state index contributed by atoms with van der Waals surface area (Å²) in [7, 11) is 0. The third kappa shape index (κ3) is 6.45. The fourth-order valence-electron chi connectivity index (χ4n) is 1.80. The Morgan fingerprint density at radius 2 is 1.20 bits per heavy atom. The van der Waals surface area contributed by atoms with Crippen LogP contribution in [-0.4, -0.2) is 36.5 Å². The Kier molecular flexibility index (Phi) is 9.28. The average molecular weight is 431 g/mol. The van der Waals surface area contributed by atoms with Crippen LogP contribution >= 0.6 is 24.8 Å². The quantitative estimate of drug-likeness (QED) is 0.450. The van der Waals surface area contributed by atoms with Crippen molar-refractivity contribution in [2.75, 3.05) is 0 Å². The first kappa shape index (κ1) is 17.8. The molecule has 0 amide bonds. The summed E-state index contributed by atoms with van der Waals surface area (Å²) in [5.41, 5.74) is 2.48. The van der Waals surface area contributed by atoms with Gasteiger partial charge in [-0.15, -0.1) is 12.6 Å². The topological polar surface area (TPSA) is 3.24 Å². The monoisotopic (exact) mass is 433 g/mol. The Hall–Kier alpha value is -0.281. The van der Waals surface area contributed by atoms with Crippen LogP contribution in [0.15, 0.2) is 60.7 Å². The average Bonchev–Trinajstić information content (AvgIpc) is 2.51. The number of hydrogen-bond acceptors (Lipinski definition) is 1. The molecule has 2 rings (SSSR count). The van der Waals surface area contributed by atoms with E-state index in [9.17, 15) is 0 Å². The molecule has 5 heteroatoms. The zero-order valence-electron chi connectivity index (χ0n) is 10.8. The number of thiocarbonyl (C=S) groups is 1. The van der Waals surface area contributed by atoms with Crippen LogP contribution < -0.4 is 0 Å². The molecule has 0 saturated heterocycles. The standard InChI is InChI=1S/C15H15NS2.Se2/c17-15(18)16(11-13-7-3-1-4-8-13)12-14-9-5-2-6-10-14;1-2/h1-10H,11-12H2,(H,17,18);. The van der Waals surface area contributed by atoms with Crippen LogP contribution in [-0.2, 0) is 13.1 Å². The van der Waals surface area contributed by atoms with E-state index in [4.69, 9.17) is 12.2 Å². The fourth-order valence-corrected chi connectivity index (χ4v) is 2.07. The summed E-state index contributed by atoms with van der Waals surface area (Å²) in [6.07, 6.45) is 0. The maximum atomic E-state index is 5.21. The van der Waals surface area contributed by atoms with Gasteiger partial charge in [0.25, 0.3) is 0 Å². The number of hydrogen-bond donors (Lipinski definition) is 1. The Balaban J connectivity index is 0.000000956. The summed E-state index contributed by atoms with van der Waals surface area (Å²) in [6.45, 7) is 1.58. The van der Waals surface area contributed by atoms with Crippen molar-refractivity contribution in [3.63, 3.8) is 0 Å². The number of nitrogens with zero attached hydrogens (tertiary/aromatic N) is 1. The summed E-state index contributed by atoms with van der Waals surface area (Å²) in [4.78, 5) is 2.09. The summed E-state index contributed by atoms with van der Waals surface area (Å²) in [6, 6.07) is 20.6. The van der Waals surface area contributed by atoms with Gasteiger partial charge in [-0.1, -0.05) is 72.9 Å². The van der Waals surface area contributed by atoms with Crippen LogP contribution in [0.4, 0.5) is 0 Å². The Bertz CT molecular complexity index is 478. The van der Waals surface area contributed by atoms with Crippen molar-refractivity contribution in [1.82, 2.24) is 4.90 Å². The Labute approximate surface area is 145 Å². The van der Waals surface area contributed by atoms with Gasteiger partial charge in [0.15, 0.2) is 0 Å². The molecule has 104 valence electrons. The Morgan fingerprint density at radius 3 is 1.50 bits per heavy atom.